The van der Waals surface area contributed by atoms with Crippen molar-refractivity contribution in [3.8, 4) is 0 Å². The van der Waals surface area contributed by atoms with E-state index in [2.05, 4.69) is 19.7 Å². The van der Waals surface area contributed by atoms with Gasteiger partial charge in [0.05, 0.1) is 0 Å². The van der Waals surface area contributed by atoms with Crippen LogP contribution in [0, 0.1) is 0 Å². The monoisotopic (exact) mass is 336 g/mol. The second kappa shape index (κ2) is 15.8. The normalized spacial score (nSPS) is 5.20. The van der Waals surface area contributed by atoms with Gasteiger partial charge in [0.1, 0.15) is 0 Å². The molecule has 3 heteroatoms. The molecular weight excluding hydrogens is 323 g/mol. The molecule has 0 aromatic carbocycles. The zero-order chi connectivity index (χ0) is 7.70. The standard InChI is InChI=1S/C4H6.C3H4O2.Pb.2H/c1-3-4-2;1-2-3(4)5;;;/h3-4H,1-2H2;2H,1H2,(H,4,5);;;. The Morgan fingerprint density at radius 1 is 1.20 bits per heavy atom. The van der Waals surface area contributed by atoms with Gasteiger partial charge < -0.3 is 5.11 Å². The van der Waals surface area contributed by atoms with E-state index in [1.807, 2.05) is 0 Å². The molecule has 0 aliphatic carbocycles. The predicted octanol–water partition coefficient (Wildman–Crippen LogP) is 0.699. The summed E-state index contributed by atoms with van der Waals surface area (Å²) in [4.78, 5) is 9.25. The van der Waals surface area contributed by atoms with Crippen molar-refractivity contribution in [3.63, 3.8) is 0 Å². The van der Waals surface area contributed by atoms with Crippen LogP contribution in [0.15, 0.2) is 38.0 Å². The van der Waals surface area contributed by atoms with E-state index in [4.69, 9.17) is 5.11 Å². The first-order valence-electron chi connectivity index (χ1n) is 2.27. The minimum atomic E-state index is -0.981. The molecule has 0 saturated carbocycles. The average molecular weight is 335 g/mol. The number of hydrogen-bond acceptors (Lipinski definition) is 1. The molecule has 0 aromatic heterocycles. The van der Waals surface area contributed by atoms with Gasteiger partial charge in [-0.1, -0.05) is 31.9 Å². The number of allylic oxidation sites excluding steroid dienone is 2. The Labute approximate surface area is 81.1 Å². The van der Waals surface area contributed by atoms with Crippen LogP contribution in [0.1, 0.15) is 0 Å². The second-order valence-corrected chi connectivity index (χ2v) is 1.01. The number of carboxylic acids is 1. The molecule has 0 atom stereocenters. The number of hydrogen-bond donors (Lipinski definition) is 1. The van der Waals surface area contributed by atoms with Gasteiger partial charge in [0, 0.05) is 6.08 Å². The van der Waals surface area contributed by atoms with E-state index in [-0.39, 0.29) is 27.3 Å². The van der Waals surface area contributed by atoms with Crippen molar-refractivity contribution in [2.75, 3.05) is 0 Å². The molecule has 0 saturated heterocycles. The molecular formula is C7H12O2Pb. The van der Waals surface area contributed by atoms with Crippen molar-refractivity contribution in [2.24, 2.45) is 0 Å². The molecule has 2 nitrogen and oxygen atoms in total. The molecule has 1 N–H and O–H groups in total. The SMILES string of the molecule is C=CC(=O)O.C=CC=C.[PbH2]. The molecule has 0 amide bonds. The van der Waals surface area contributed by atoms with Gasteiger partial charge in [-0.25, -0.2) is 4.79 Å². The molecule has 10 heavy (non-hydrogen) atoms. The van der Waals surface area contributed by atoms with E-state index in [1.54, 1.807) is 12.2 Å². The third kappa shape index (κ3) is 48.8. The zero-order valence-electron chi connectivity index (χ0n) is 5.92. The maximum atomic E-state index is 9.25. The maximum absolute atomic E-state index is 9.25. The number of carbonyl (C=O) groups is 1. The van der Waals surface area contributed by atoms with E-state index < -0.39 is 5.97 Å². The van der Waals surface area contributed by atoms with Crippen LogP contribution in [-0.4, -0.2) is 38.4 Å². The van der Waals surface area contributed by atoms with Crippen LogP contribution in [0.25, 0.3) is 0 Å². The van der Waals surface area contributed by atoms with Crippen LogP contribution in [0.4, 0.5) is 0 Å². The van der Waals surface area contributed by atoms with Gasteiger partial charge in [0.15, 0.2) is 0 Å². The summed E-state index contributed by atoms with van der Waals surface area (Å²) in [6, 6.07) is 0. The van der Waals surface area contributed by atoms with E-state index in [0.29, 0.717) is 0 Å². The van der Waals surface area contributed by atoms with E-state index in [0.717, 1.165) is 6.08 Å². The molecule has 0 aliphatic heterocycles. The Balaban J connectivity index is -0.0000000910. The second-order valence-electron chi connectivity index (χ2n) is 1.01. The van der Waals surface area contributed by atoms with Gasteiger partial charge in [-0.15, -0.1) is 0 Å². The first-order chi connectivity index (χ1) is 4.18. The van der Waals surface area contributed by atoms with E-state index >= 15 is 0 Å². The Morgan fingerprint density at radius 2 is 1.40 bits per heavy atom. The van der Waals surface area contributed by atoms with Crippen molar-refractivity contribution in [2.45, 2.75) is 0 Å². The van der Waals surface area contributed by atoms with Crippen LogP contribution in [0.5, 0.6) is 0 Å². The molecule has 0 fully saturated rings. The number of rotatable bonds is 2. The molecule has 2 radical (unpaired) electrons. The molecule has 0 heterocycles. The van der Waals surface area contributed by atoms with Gasteiger partial charge in [0.2, 0.25) is 0 Å². The summed E-state index contributed by atoms with van der Waals surface area (Å²) in [5, 5.41) is 7.60. The number of carboxylic acid groups (broad SMARTS) is 1. The third-order valence-corrected chi connectivity index (χ3v) is 0.341. The van der Waals surface area contributed by atoms with Crippen molar-refractivity contribution < 1.29 is 9.90 Å². The fraction of sp³-hybridized carbons (Fsp3) is 0. The minimum absolute atomic E-state index is 0. The topological polar surface area (TPSA) is 37.3 Å². The Bertz CT molecular complexity index is 113. The van der Waals surface area contributed by atoms with Crippen molar-refractivity contribution >= 4 is 33.3 Å². The quantitative estimate of drug-likeness (QED) is 0.458. The van der Waals surface area contributed by atoms with Crippen LogP contribution in [0.3, 0.4) is 0 Å². The van der Waals surface area contributed by atoms with Gasteiger partial charge in [-0.2, -0.15) is 0 Å². The molecule has 0 bridgehead atoms. The molecule has 56 valence electrons. The molecule has 0 rings (SSSR count). The average Bonchev–Trinajstić information content (AvgIpc) is 1.89. The van der Waals surface area contributed by atoms with Gasteiger partial charge in [-0.3, -0.25) is 0 Å². The van der Waals surface area contributed by atoms with Crippen LogP contribution < -0.4 is 0 Å². The van der Waals surface area contributed by atoms with Crippen LogP contribution in [-0.2, 0) is 4.79 Å². The molecule has 0 aromatic rings. The van der Waals surface area contributed by atoms with Gasteiger partial charge in [0.25, 0.3) is 0 Å². The Kier molecular flexibility index (Phi) is 25.8. The van der Waals surface area contributed by atoms with E-state index in [1.165, 1.54) is 0 Å². The molecule has 0 spiro atoms. The van der Waals surface area contributed by atoms with Gasteiger partial charge >= 0.3 is 33.3 Å². The first-order valence-corrected chi connectivity index (χ1v) is 2.27. The van der Waals surface area contributed by atoms with Crippen LogP contribution in [0.2, 0.25) is 0 Å². The van der Waals surface area contributed by atoms with Crippen LogP contribution >= 0.6 is 0 Å². The summed E-state index contributed by atoms with van der Waals surface area (Å²) in [6.07, 6.45) is 4.11. The summed E-state index contributed by atoms with van der Waals surface area (Å²) in [6.45, 7) is 9.68. The predicted molar refractivity (Wildman–Crippen MR) is 46.8 cm³/mol. The molecule has 0 aliphatic rings. The Morgan fingerprint density at radius 3 is 1.40 bits per heavy atom. The number of aliphatic carboxylic acids is 1. The summed E-state index contributed by atoms with van der Waals surface area (Å²) in [5.74, 6) is -0.981. The summed E-state index contributed by atoms with van der Waals surface area (Å²) < 4.78 is 0. The summed E-state index contributed by atoms with van der Waals surface area (Å²) >= 11 is 0. The zero-order valence-corrected chi connectivity index (χ0v) is 11.4. The molecule has 0 unspecified atom stereocenters. The van der Waals surface area contributed by atoms with Crippen molar-refractivity contribution in [1.82, 2.24) is 0 Å². The summed E-state index contributed by atoms with van der Waals surface area (Å²) in [7, 11) is 0. The third-order valence-electron chi connectivity index (χ3n) is 0.341. The van der Waals surface area contributed by atoms with Crippen molar-refractivity contribution in [1.29, 1.82) is 0 Å². The first kappa shape index (κ1) is 16.3. The van der Waals surface area contributed by atoms with Gasteiger partial charge in [-0.05, 0) is 0 Å². The fourth-order valence-corrected chi connectivity index (χ4v) is 0. The Hall–Kier alpha value is -0.388. The van der Waals surface area contributed by atoms with E-state index in [9.17, 15) is 4.79 Å². The summed E-state index contributed by atoms with van der Waals surface area (Å²) in [5.41, 5.74) is 0. The fourth-order valence-electron chi connectivity index (χ4n) is 0. The van der Waals surface area contributed by atoms with Crippen molar-refractivity contribution in [3.05, 3.63) is 38.0 Å².